The third kappa shape index (κ3) is 3.98. The summed E-state index contributed by atoms with van der Waals surface area (Å²) in [6.07, 6.45) is 0. The predicted octanol–water partition coefficient (Wildman–Crippen LogP) is 0.433. The minimum Gasteiger partial charge on any atom is -0.389 e. The predicted molar refractivity (Wildman–Crippen MR) is 83.2 cm³/mol. The molecule has 1 aromatic heterocycles. The van der Waals surface area contributed by atoms with Gasteiger partial charge in [0.2, 0.25) is 15.9 Å². The zero-order chi connectivity index (χ0) is 15.6. The van der Waals surface area contributed by atoms with Crippen molar-refractivity contribution in [2.75, 3.05) is 13.6 Å². The highest BCUT2D eigenvalue weighted by molar-refractivity contribution is 7.91. The first kappa shape index (κ1) is 17.0. The molecule has 20 heavy (non-hydrogen) atoms. The summed E-state index contributed by atoms with van der Waals surface area (Å²) in [6, 6.07) is 3.00. The van der Waals surface area contributed by atoms with Gasteiger partial charge in [-0.2, -0.15) is 0 Å². The highest BCUT2D eigenvalue weighted by atomic mass is 32.2. The molecule has 1 amide bonds. The number of amides is 1. The first-order chi connectivity index (χ1) is 9.10. The lowest BCUT2D eigenvalue weighted by molar-refractivity contribution is -0.128. The van der Waals surface area contributed by atoms with Gasteiger partial charge in [0.15, 0.2) is 0 Å². The summed E-state index contributed by atoms with van der Waals surface area (Å²) < 4.78 is 26.8. The van der Waals surface area contributed by atoms with Gasteiger partial charge in [-0.3, -0.25) is 4.79 Å². The van der Waals surface area contributed by atoms with Crippen molar-refractivity contribution in [1.29, 1.82) is 0 Å². The molecule has 112 valence electrons. The van der Waals surface area contributed by atoms with Crippen LogP contribution in [0.3, 0.4) is 0 Å². The molecule has 0 aromatic carbocycles. The van der Waals surface area contributed by atoms with E-state index in [1.165, 1.54) is 13.1 Å². The van der Waals surface area contributed by atoms with Crippen molar-refractivity contribution in [3.63, 3.8) is 0 Å². The lowest BCUT2D eigenvalue weighted by atomic mass is 9.93. The van der Waals surface area contributed by atoms with Crippen molar-refractivity contribution in [1.82, 2.24) is 10.0 Å². The van der Waals surface area contributed by atoms with Crippen LogP contribution in [-0.4, -0.2) is 32.9 Å². The smallest absolute Gasteiger partial charge is 0.250 e. The van der Waals surface area contributed by atoms with Gasteiger partial charge < -0.3 is 11.1 Å². The van der Waals surface area contributed by atoms with Crippen LogP contribution in [0.5, 0.6) is 0 Å². The monoisotopic (exact) mass is 335 g/mol. The van der Waals surface area contributed by atoms with E-state index in [0.717, 1.165) is 11.3 Å². The number of carbonyl (C=O) groups excluding carboxylic acids is 1. The minimum atomic E-state index is -3.67. The molecule has 1 heterocycles. The third-order valence-electron chi connectivity index (χ3n) is 2.63. The van der Waals surface area contributed by atoms with Crippen LogP contribution in [0.25, 0.3) is 0 Å². The Labute approximate surface area is 127 Å². The average molecular weight is 335 g/mol. The fourth-order valence-corrected chi connectivity index (χ4v) is 3.97. The standard InChI is InChI=1S/C11H17N3O3S3/c1-11(2,10(15)13-3)6-14-20(16,17)8-5-4-7(19-8)9(12)18/h4-5,14H,6H2,1-3H3,(H2,12,18)(H,13,15). The van der Waals surface area contributed by atoms with Crippen LogP contribution < -0.4 is 15.8 Å². The van der Waals surface area contributed by atoms with Crippen LogP contribution in [0.15, 0.2) is 16.3 Å². The Bertz CT molecular complexity index is 620. The molecule has 0 fully saturated rings. The van der Waals surface area contributed by atoms with Crippen LogP contribution in [-0.2, 0) is 14.8 Å². The number of hydrogen-bond acceptors (Lipinski definition) is 5. The van der Waals surface area contributed by atoms with E-state index in [4.69, 9.17) is 18.0 Å². The summed E-state index contributed by atoms with van der Waals surface area (Å²) in [5.74, 6) is -0.241. The van der Waals surface area contributed by atoms with Crippen LogP contribution in [0.4, 0.5) is 0 Å². The minimum absolute atomic E-state index is 0.00465. The maximum absolute atomic E-state index is 12.1. The Hall–Kier alpha value is -1.03. The first-order valence-electron chi connectivity index (χ1n) is 5.71. The quantitative estimate of drug-likeness (QED) is 0.655. The zero-order valence-corrected chi connectivity index (χ0v) is 13.8. The SMILES string of the molecule is CNC(=O)C(C)(C)CNS(=O)(=O)c1ccc(C(N)=S)s1. The van der Waals surface area contributed by atoms with E-state index < -0.39 is 15.4 Å². The zero-order valence-electron chi connectivity index (χ0n) is 11.4. The highest BCUT2D eigenvalue weighted by Gasteiger charge is 2.29. The largest absolute Gasteiger partial charge is 0.389 e. The van der Waals surface area contributed by atoms with E-state index in [2.05, 4.69) is 10.0 Å². The molecule has 0 saturated carbocycles. The summed E-state index contributed by atoms with van der Waals surface area (Å²) >= 11 is 5.79. The summed E-state index contributed by atoms with van der Waals surface area (Å²) in [6.45, 7) is 3.31. The third-order valence-corrected chi connectivity index (χ3v) is 6.00. The summed E-state index contributed by atoms with van der Waals surface area (Å²) in [5.41, 5.74) is 4.60. The molecule has 1 aromatic rings. The number of nitrogens with one attached hydrogen (secondary N) is 2. The van der Waals surface area contributed by atoms with E-state index in [0.29, 0.717) is 4.88 Å². The Morgan fingerprint density at radius 2 is 2.05 bits per heavy atom. The van der Waals surface area contributed by atoms with Gasteiger partial charge in [0.25, 0.3) is 0 Å². The second-order valence-electron chi connectivity index (χ2n) is 4.77. The van der Waals surface area contributed by atoms with E-state index in [1.54, 1.807) is 19.9 Å². The lowest BCUT2D eigenvalue weighted by Gasteiger charge is -2.22. The van der Waals surface area contributed by atoms with Crippen LogP contribution in [0, 0.1) is 5.41 Å². The van der Waals surface area contributed by atoms with Crippen molar-refractivity contribution in [3.8, 4) is 0 Å². The van der Waals surface area contributed by atoms with Crippen LogP contribution in [0.2, 0.25) is 0 Å². The maximum atomic E-state index is 12.1. The lowest BCUT2D eigenvalue weighted by Crippen LogP contribution is -2.43. The number of hydrogen-bond donors (Lipinski definition) is 3. The van der Waals surface area contributed by atoms with Crippen molar-refractivity contribution in [3.05, 3.63) is 17.0 Å². The van der Waals surface area contributed by atoms with E-state index in [1.807, 2.05) is 0 Å². The number of sulfonamides is 1. The van der Waals surface area contributed by atoms with Crippen molar-refractivity contribution in [2.24, 2.45) is 11.1 Å². The van der Waals surface area contributed by atoms with Gasteiger partial charge in [0, 0.05) is 13.6 Å². The molecule has 9 heteroatoms. The fraction of sp³-hybridized carbons (Fsp3) is 0.455. The van der Waals surface area contributed by atoms with Gasteiger partial charge in [-0.1, -0.05) is 12.2 Å². The Morgan fingerprint density at radius 3 is 2.50 bits per heavy atom. The molecular formula is C11H17N3O3S3. The van der Waals surface area contributed by atoms with E-state index >= 15 is 0 Å². The maximum Gasteiger partial charge on any atom is 0.250 e. The number of carbonyl (C=O) groups is 1. The summed E-state index contributed by atoms with van der Waals surface area (Å²) in [5, 5.41) is 2.50. The molecular weight excluding hydrogens is 318 g/mol. The molecule has 1 rings (SSSR count). The van der Waals surface area contributed by atoms with Gasteiger partial charge in [0.05, 0.1) is 10.3 Å². The number of nitrogens with two attached hydrogens (primary N) is 1. The number of thiophene rings is 1. The van der Waals surface area contributed by atoms with Crippen molar-refractivity contribution >= 4 is 44.5 Å². The van der Waals surface area contributed by atoms with Crippen molar-refractivity contribution < 1.29 is 13.2 Å². The van der Waals surface area contributed by atoms with Crippen LogP contribution in [0.1, 0.15) is 18.7 Å². The molecule has 0 aliphatic heterocycles. The molecule has 4 N–H and O–H groups in total. The molecule has 0 radical (unpaired) electrons. The van der Waals surface area contributed by atoms with Gasteiger partial charge in [-0.05, 0) is 26.0 Å². The second kappa shape index (κ2) is 6.17. The van der Waals surface area contributed by atoms with Gasteiger partial charge in [-0.25, -0.2) is 13.1 Å². The van der Waals surface area contributed by atoms with Gasteiger partial charge in [-0.15, -0.1) is 11.3 Å². The molecule has 0 bridgehead atoms. The van der Waals surface area contributed by atoms with Crippen LogP contribution >= 0.6 is 23.6 Å². The highest BCUT2D eigenvalue weighted by Crippen LogP contribution is 2.22. The van der Waals surface area contributed by atoms with Gasteiger partial charge >= 0.3 is 0 Å². The second-order valence-corrected chi connectivity index (χ2v) is 8.29. The van der Waals surface area contributed by atoms with E-state index in [-0.39, 0.29) is 21.6 Å². The van der Waals surface area contributed by atoms with E-state index in [9.17, 15) is 13.2 Å². The number of rotatable bonds is 6. The summed E-state index contributed by atoms with van der Waals surface area (Å²) in [4.78, 5) is 12.3. The molecule has 0 saturated heterocycles. The Morgan fingerprint density at radius 1 is 1.45 bits per heavy atom. The van der Waals surface area contributed by atoms with Crippen molar-refractivity contribution in [2.45, 2.75) is 18.1 Å². The Balaban J connectivity index is 2.85. The first-order valence-corrected chi connectivity index (χ1v) is 8.42. The molecule has 0 spiro atoms. The molecule has 0 aliphatic rings. The molecule has 0 unspecified atom stereocenters. The summed E-state index contributed by atoms with van der Waals surface area (Å²) in [7, 11) is -2.17. The van der Waals surface area contributed by atoms with Gasteiger partial charge in [0.1, 0.15) is 9.20 Å². The molecule has 6 nitrogen and oxygen atoms in total. The number of thiocarbonyl (C=S) groups is 1. The fourth-order valence-electron chi connectivity index (χ4n) is 1.36. The normalized spacial score (nSPS) is 12.2. The Kier molecular flexibility index (Phi) is 5.25. The molecule has 0 atom stereocenters. The topological polar surface area (TPSA) is 101 Å². The average Bonchev–Trinajstić information content (AvgIpc) is 2.86. The molecule has 0 aliphatic carbocycles.